The Bertz CT molecular complexity index is 1070. The maximum absolute atomic E-state index is 12.6. The number of esters is 1. The van der Waals surface area contributed by atoms with Crippen LogP contribution in [0, 0.1) is 0 Å². The first-order valence-electron chi connectivity index (χ1n) is 8.65. The summed E-state index contributed by atoms with van der Waals surface area (Å²) >= 11 is 8.72. The molecule has 0 spiro atoms. The average molecular weight is 452 g/mol. The molecular weight excluding hydrogens is 434 g/mol. The number of carbonyl (C=O) groups excluding carboxylic acids is 2. The maximum Gasteiger partial charge on any atom is 0.329 e. The van der Waals surface area contributed by atoms with Crippen molar-refractivity contribution < 1.29 is 14.3 Å². The van der Waals surface area contributed by atoms with Crippen molar-refractivity contribution in [2.45, 2.75) is 19.1 Å². The van der Waals surface area contributed by atoms with Gasteiger partial charge >= 0.3 is 5.97 Å². The van der Waals surface area contributed by atoms with Gasteiger partial charge in [-0.2, -0.15) is 11.8 Å². The van der Waals surface area contributed by atoms with Gasteiger partial charge in [-0.1, -0.05) is 11.6 Å². The van der Waals surface area contributed by atoms with Crippen molar-refractivity contribution in [3.63, 3.8) is 0 Å². The van der Waals surface area contributed by atoms with Crippen LogP contribution in [0.4, 0.5) is 0 Å². The number of thioether (sulfide) groups is 1. The zero-order valence-corrected chi connectivity index (χ0v) is 17.9. The van der Waals surface area contributed by atoms with Crippen LogP contribution in [0.1, 0.15) is 22.5 Å². The Balaban J connectivity index is 1.66. The summed E-state index contributed by atoms with van der Waals surface area (Å²) < 4.78 is 6.75. The third-order valence-electron chi connectivity index (χ3n) is 4.03. The minimum absolute atomic E-state index is 0.144. The van der Waals surface area contributed by atoms with Crippen LogP contribution in [-0.4, -0.2) is 39.3 Å². The smallest absolute Gasteiger partial charge is 0.329 e. The quantitative estimate of drug-likeness (QED) is 0.529. The monoisotopic (exact) mass is 451 g/mol. The second kappa shape index (κ2) is 9.91. The molecule has 0 fully saturated rings. The Hall–Kier alpha value is -2.36. The number of rotatable bonds is 8. The fraction of sp³-hybridized carbons (Fsp3) is 0.263. The molecule has 29 heavy (non-hydrogen) atoms. The lowest BCUT2D eigenvalue weighted by molar-refractivity contribution is -0.147. The highest BCUT2D eigenvalue weighted by molar-refractivity contribution is 7.98. The Labute approximate surface area is 180 Å². The van der Waals surface area contributed by atoms with E-state index < -0.39 is 12.0 Å². The molecular formula is C19H18ClN3O4S2. The molecule has 1 unspecified atom stereocenters. The molecule has 2 aromatic heterocycles. The standard InChI is InChI=1S/C19H18ClN3O4S2/c1-28-8-6-15(22-17(25)12-2-4-13(20)5-3-12)18(26)27-11-14-10-16(24)23-7-9-29-19(23)21-14/h2-5,7,9-10,15H,6,8,11H2,1H3,(H,22,25). The van der Waals surface area contributed by atoms with Crippen LogP contribution in [-0.2, 0) is 16.1 Å². The normalized spacial score (nSPS) is 11.9. The molecule has 1 aromatic carbocycles. The van der Waals surface area contributed by atoms with Crippen LogP contribution in [0.5, 0.6) is 0 Å². The molecule has 0 saturated carbocycles. The Morgan fingerprint density at radius 1 is 1.34 bits per heavy atom. The predicted octanol–water partition coefficient (Wildman–Crippen LogP) is 3.00. The summed E-state index contributed by atoms with van der Waals surface area (Å²) in [5, 5.41) is 4.98. The number of amides is 1. The van der Waals surface area contributed by atoms with Crippen molar-refractivity contribution in [1.82, 2.24) is 14.7 Å². The molecule has 0 aliphatic heterocycles. The number of hydrogen-bond acceptors (Lipinski definition) is 7. The number of thiazole rings is 1. The SMILES string of the molecule is CSCCC(NC(=O)c1ccc(Cl)cc1)C(=O)OCc1cc(=O)n2ccsc2n1. The van der Waals surface area contributed by atoms with Gasteiger partial charge in [0.05, 0.1) is 5.69 Å². The first-order chi connectivity index (χ1) is 14.0. The van der Waals surface area contributed by atoms with E-state index in [4.69, 9.17) is 16.3 Å². The van der Waals surface area contributed by atoms with Gasteiger partial charge < -0.3 is 10.1 Å². The molecule has 0 saturated heterocycles. The van der Waals surface area contributed by atoms with Gasteiger partial charge in [0.15, 0.2) is 4.96 Å². The van der Waals surface area contributed by atoms with Crippen LogP contribution in [0.3, 0.4) is 0 Å². The number of hydrogen-bond donors (Lipinski definition) is 1. The largest absolute Gasteiger partial charge is 0.458 e. The van der Waals surface area contributed by atoms with Crippen LogP contribution < -0.4 is 10.9 Å². The lowest BCUT2D eigenvalue weighted by Crippen LogP contribution is -2.42. The van der Waals surface area contributed by atoms with E-state index in [1.54, 1.807) is 47.6 Å². The van der Waals surface area contributed by atoms with Gasteiger partial charge in [-0.05, 0) is 42.7 Å². The van der Waals surface area contributed by atoms with Crippen molar-refractivity contribution in [3.8, 4) is 0 Å². The minimum atomic E-state index is -0.808. The summed E-state index contributed by atoms with van der Waals surface area (Å²) in [5.41, 5.74) is 0.518. The van der Waals surface area contributed by atoms with Crippen molar-refractivity contribution >= 4 is 51.5 Å². The Morgan fingerprint density at radius 2 is 2.10 bits per heavy atom. The van der Waals surface area contributed by atoms with E-state index in [0.29, 0.717) is 33.4 Å². The zero-order valence-electron chi connectivity index (χ0n) is 15.5. The number of benzene rings is 1. The summed E-state index contributed by atoms with van der Waals surface area (Å²) in [6, 6.07) is 6.91. The topological polar surface area (TPSA) is 89.8 Å². The third kappa shape index (κ3) is 5.59. The number of carbonyl (C=O) groups is 2. The lowest BCUT2D eigenvalue weighted by atomic mass is 10.1. The van der Waals surface area contributed by atoms with Crippen molar-refractivity contribution in [3.05, 3.63) is 68.5 Å². The molecule has 0 radical (unpaired) electrons. The summed E-state index contributed by atoms with van der Waals surface area (Å²) in [5.74, 6) is -0.294. The maximum atomic E-state index is 12.6. The molecule has 10 heteroatoms. The van der Waals surface area contributed by atoms with E-state index in [-0.39, 0.29) is 18.1 Å². The summed E-state index contributed by atoms with van der Waals surface area (Å²) in [4.78, 5) is 41.9. The molecule has 7 nitrogen and oxygen atoms in total. The number of halogens is 1. The first kappa shape index (κ1) is 21.4. The van der Waals surface area contributed by atoms with E-state index in [9.17, 15) is 14.4 Å². The molecule has 0 aliphatic rings. The molecule has 2 heterocycles. The number of aromatic nitrogens is 2. The summed E-state index contributed by atoms with van der Waals surface area (Å²) in [6.45, 7) is -0.144. The minimum Gasteiger partial charge on any atom is -0.458 e. The lowest BCUT2D eigenvalue weighted by Gasteiger charge is -2.17. The molecule has 0 aliphatic carbocycles. The van der Waals surface area contributed by atoms with E-state index in [2.05, 4.69) is 10.3 Å². The van der Waals surface area contributed by atoms with Crippen molar-refractivity contribution in [1.29, 1.82) is 0 Å². The average Bonchev–Trinajstić information content (AvgIpc) is 3.19. The highest BCUT2D eigenvalue weighted by Gasteiger charge is 2.23. The predicted molar refractivity (Wildman–Crippen MR) is 115 cm³/mol. The van der Waals surface area contributed by atoms with E-state index in [1.807, 2.05) is 6.26 Å². The van der Waals surface area contributed by atoms with Crippen LogP contribution in [0.2, 0.25) is 5.02 Å². The van der Waals surface area contributed by atoms with Crippen molar-refractivity contribution in [2.24, 2.45) is 0 Å². The summed E-state index contributed by atoms with van der Waals surface area (Å²) in [6.07, 6.45) is 3.96. The number of nitrogens with one attached hydrogen (secondary N) is 1. The van der Waals surface area contributed by atoms with Gasteiger partial charge in [-0.25, -0.2) is 9.78 Å². The zero-order chi connectivity index (χ0) is 20.8. The molecule has 3 aromatic rings. The van der Waals surface area contributed by atoms with E-state index in [1.165, 1.54) is 21.8 Å². The molecule has 1 N–H and O–H groups in total. The van der Waals surface area contributed by atoms with Gasteiger partial charge in [0, 0.05) is 28.2 Å². The number of fused-ring (bicyclic) bond motifs is 1. The van der Waals surface area contributed by atoms with Gasteiger partial charge in [0.2, 0.25) is 0 Å². The highest BCUT2D eigenvalue weighted by atomic mass is 35.5. The van der Waals surface area contributed by atoms with Gasteiger partial charge in [0.1, 0.15) is 12.6 Å². The Kier molecular flexibility index (Phi) is 7.29. The third-order valence-corrected chi connectivity index (χ3v) is 5.68. The second-order valence-corrected chi connectivity index (χ2v) is 8.36. The van der Waals surface area contributed by atoms with E-state index >= 15 is 0 Å². The fourth-order valence-corrected chi connectivity index (χ4v) is 3.87. The van der Waals surface area contributed by atoms with Crippen LogP contribution >= 0.6 is 34.7 Å². The number of ether oxygens (including phenoxy) is 1. The van der Waals surface area contributed by atoms with Gasteiger partial charge in [-0.15, -0.1) is 11.3 Å². The van der Waals surface area contributed by atoms with Gasteiger partial charge in [-0.3, -0.25) is 14.0 Å². The van der Waals surface area contributed by atoms with Crippen LogP contribution in [0.25, 0.3) is 4.96 Å². The van der Waals surface area contributed by atoms with Gasteiger partial charge in [0.25, 0.3) is 11.5 Å². The Morgan fingerprint density at radius 3 is 2.83 bits per heavy atom. The highest BCUT2D eigenvalue weighted by Crippen LogP contribution is 2.12. The first-order valence-corrected chi connectivity index (χ1v) is 11.3. The second-order valence-electron chi connectivity index (χ2n) is 6.06. The molecule has 152 valence electrons. The van der Waals surface area contributed by atoms with Crippen LogP contribution in [0.15, 0.2) is 46.7 Å². The molecule has 1 amide bonds. The van der Waals surface area contributed by atoms with E-state index in [0.717, 1.165) is 0 Å². The molecule has 0 bridgehead atoms. The fourth-order valence-electron chi connectivity index (χ4n) is 2.53. The number of nitrogens with zero attached hydrogens (tertiary/aromatic N) is 2. The van der Waals surface area contributed by atoms with Crippen molar-refractivity contribution in [2.75, 3.05) is 12.0 Å². The summed E-state index contributed by atoms with van der Waals surface area (Å²) in [7, 11) is 0. The molecule has 3 rings (SSSR count). The molecule has 1 atom stereocenters.